The van der Waals surface area contributed by atoms with Gasteiger partial charge >= 0.3 is 0 Å². The van der Waals surface area contributed by atoms with Crippen LogP contribution in [0, 0.1) is 18.6 Å². The molecule has 0 aliphatic heterocycles. The molecule has 1 aromatic carbocycles. The normalized spacial score (nSPS) is 14.3. The van der Waals surface area contributed by atoms with E-state index in [-0.39, 0.29) is 12.1 Å². The number of aryl methyl sites for hydroxylation is 2. The van der Waals surface area contributed by atoms with Crippen molar-refractivity contribution in [3.63, 3.8) is 0 Å². The monoisotopic (exact) mass is 279 g/mol. The van der Waals surface area contributed by atoms with Gasteiger partial charge in [-0.25, -0.2) is 8.78 Å². The van der Waals surface area contributed by atoms with E-state index in [0.29, 0.717) is 5.56 Å². The molecule has 0 aliphatic rings. The summed E-state index contributed by atoms with van der Waals surface area (Å²) in [5.41, 5.74) is 2.47. The number of hydrogen-bond acceptors (Lipinski definition) is 2. The van der Waals surface area contributed by atoms with Crippen molar-refractivity contribution in [3.05, 3.63) is 52.9 Å². The van der Waals surface area contributed by atoms with Crippen molar-refractivity contribution in [2.45, 2.75) is 32.9 Å². The lowest BCUT2D eigenvalue weighted by Gasteiger charge is -2.20. The number of aromatic nitrogens is 2. The number of nitrogens with one attached hydrogen (secondary N) is 1. The van der Waals surface area contributed by atoms with Gasteiger partial charge in [-0.2, -0.15) is 5.10 Å². The van der Waals surface area contributed by atoms with Gasteiger partial charge in [-0.15, -0.1) is 0 Å². The molecule has 1 N–H and O–H groups in total. The average molecular weight is 279 g/mol. The molecule has 108 valence electrons. The molecular formula is C15H19F2N3. The molecule has 2 rings (SSSR count). The summed E-state index contributed by atoms with van der Waals surface area (Å²) in [7, 11) is 1.87. The average Bonchev–Trinajstić information content (AvgIpc) is 2.68. The van der Waals surface area contributed by atoms with E-state index in [2.05, 4.69) is 10.4 Å². The Labute approximate surface area is 117 Å². The summed E-state index contributed by atoms with van der Waals surface area (Å²) in [6.45, 7) is 5.80. The Hall–Kier alpha value is -1.75. The highest BCUT2D eigenvalue weighted by Gasteiger charge is 2.17. The zero-order valence-electron chi connectivity index (χ0n) is 12.1. The minimum absolute atomic E-state index is 0.0307. The molecular weight excluding hydrogens is 260 g/mol. The Bertz CT molecular complexity index is 607. The molecule has 2 unspecified atom stereocenters. The molecule has 1 heterocycles. The summed E-state index contributed by atoms with van der Waals surface area (Å²) in [5, 5.41) is 7.61. The third kappa shape index (κ3) is 3.04. The minimum atomic E-state index is -0.561. The van der Waals surface area contributed by atoms with Crippen LogP contribution in [-0.4, -0.2) is 9.78 Å². The quantitative estimate of drug-likeness (QED) is 0.929. The van der Waals surface area contributed by atoms with Gasteiger partial charge in [-0.3, -0.25) is 4.68 Å². The maximum Gasteiger partial charge on any atom is 0.130 e. The first-order chi connectivity index (χ1) is 9.38. The Balaban J connectivity index is 2.14. The van der Waals surface area contributed by atoms with Crippen molar-refractivity contribution in [2.24, 2.45) is 7.05 Å². The fourth-order valence-electron chi connectivity index (χ4n) is 2.45. The minimum Gasteiger partial charge on any atom is -0.303 e. The molecule has 5 heteroatoms. The van der Waals surface area contributed by atoms with E-state index in [9.17, 15) is 8.78 Å². The third-order valence-electron chi connectivity index (χ3n) is 3.45. The summed E-state index contributed by atoms with van der Waals surface area (Å²) in [6.07, 6.45) is 1.95. The van der Waals surface area contributed by atoms with Gasteiger partial charge in [0.25, 0.3) is 0 Å². The van der Waals surface area contributed by atoms with Gasteiger partial charge in [-0.05, 0) is 26.8 Å². The molecule has 2 atom stereocenters. The number of hydrogen-bond donors (Lipinski definition) is 1. The molecule has 0 saturated carbocycles. The molecule has 0 radical (unpaired) electrons. The van der Waals surface area contributed by atoms with Crippen LogP contribution in [0.25, 0.3) is 0 Å². The van der Waals surface area contributed by atoms with Gasteiger partial charge in [0.05, 0.1) is 5.69 Å². The summed E-state index contributed by atoms with van der Waals surface area (Å²) in [4.78, 5) is 0. The second-order valence-electron chi connectivity index (χ2n) is 5.12. The summed E-state index contributed by atoms with van der Waals surface area (Å²) >= 11 is 0. The van der Waals surface area contributed by atoms with Crippen LogP contribution in [0.15, 0.2) is 24.4 Å². The van der Waals surface area contributed by atoms with Gasteiger partial charge < -0.3 is 5.32 Å². The smallest absolute Gasteiger partial charge is 0.130 e. The standard InChI is InChI=1S/C15H19F2N3/c1-9(13-6-5-12(16)7-15(13)17)18-10(2)14-8-20(4)19-11(14)3/h5-10,18H,1-4H3. The van der Waals surface area contributed by atoms with E-state index >= 15 is 0 Å². The first-order valence-electron chi connectivity index (χ1n) is 6.59. The first kappa shape index (κ1) is 14.7. The van der Waals surface area contributed by atoms with Crippen LogP contribution >= 0.6 is 0 Å². The SMILES string of the molecule is Cc1nn(C)cc1C(C)NC(C)c1ccc(F)cc1F. The third-order valence-corrected chi connectivity index (χ3v) is 3.45. The van der Waals surface area contributed by atoms with E-state index in [4.69, 9.17) is 0 Å². The maximum atomic E-state index is 13.7. The number of benzene rings is 1. The highest BCUT2D eigenvalue weighted by atomic mass is 19.1. The molecule has 3 nitrogen and oxygen atoms in total. The van der Waals surface area contributed by atoms with Crippen molar-refractivity contribution in [1.82, 2.24) is 15.1 Å². The molecule has 1 aromatic heterocycles. The van der Waals surface area contributed by atoms with Crippen molar-refractivity contribution >= 4 is 0 Å². The second kappa shape index (κ2) is 5.71. The molecule has 0 bridgehead atoms. The fourth-order valence-corrected chi connectivity index (χ4v) is 2.45. The molecule has 0 spiro atoms. The maximum absolute atomic E-state index is 13.7. The number of nitrogens with zero attached hydrogens (tertiary/aromatic N) is 2. The van der Waals surface area contributed by atoms with Gasteiger partial charge in [-0.1, -0.05) is 6.07 Å². The van der Waals surface area contributed by atoms with E-state index < -0.39 is 11.6 Å². The molecule has 20 heavy (non-hydrogen) atoms. The molecule has 0 aliphatic carbocycles. The van der Waals surface area contributed by atoms with Crippen LogP contribution in [0.1, 0.15) is 42.8 Å². The van der Waals surface area contributed by atoms with Gasteiger partial charge in [0, 0.05) is 42.5 Å². The largest absolute Gasteiger partial charge is 0.303 e. The highest BCUT2D eigenvalue weighted by molar-refractivity contribution is 5.24. The van der Waals surface area contributed by atoms with Crippen molar-refractivity contribution < 1.29 is 8.78 Å². The molecule has 0 saturated heterocycles. The highest BCUT2D eigenvalue weighted by Crippen LogP contribution is 2.23. The van der Waals surface area contributed by atoms with E-state index in [1.807, 2.05) is 34.0 Å². The van der Waals surface area contributed by atoms with E-state index in [1.165, 1.54) is 12.1 Å². The van der Waals surface area contributed by atoms with Crippen molar-refractivity contribution in [3.8, 4) is 0 Å². The number of rotatable bonds is 4. The Morgan fingerprint density at radius 3 is 2.35 bits per heavy atom. The Kier molecular flexibility index (Phi) is 4.18. The topological polar surface area (TPSA) is 29.9 Å². The van der Waals surface area contributed by atoms with E-state index in [1.54, 1.807) is 4.68 Å². The van der Waals surface area contributed by atoms with Gasteiger partial charge in [0.1, 0.15) is 11.6 Å². The zero-order chi connectivity index (χ0) is 14.9. The second-order valence-corrected chi connectivity index (χ2v) is 5.12. The van der Waals surface area contributed by atoms with Crippen molar-refractivity contribution in [1.29, 1.82) is 0 Å². The van der Waals surface area contributed by atoms with Crippen LogP contribution in [0.2, 0.25) is 0 Å². The predicted molar refractivity (Wildman–Crippen MR) is 74.3 cm³/mol. The predicted octanol–water partition coefficient (Wildman–Crippen LogP) is 3.42. The Morgan fingerprint density at radius 2 is 1.80 bits per heavy atom. The Morgan fingerprint density at radius 1 is 1.15 bits per heavy atom. The summed E-state index contributed by atoms with van der Waals surface area (Å²) < 4.78 is 28.4. The van der Waals surface area contributed by atoms with E-state index in [0.717, 1.165) is 17.3 Å². The number of halogens is 2. The molecule has 0 amide bonds. The van der Waals surface area contributed by atoms with Crippen LogP contribution in [0.5, 0.6) is 0 Å². The van der Waals surface area contributed by atoms with Gasteiger partial charge in [0.15, 0.2) is 0 Å². The van der Waals surface area contributed by atoms with Crippen LogP contribution in [0.4, 0.5) is 8.78 Å². The first-order valence-corrected chi connectivity index (χ1v) is 6.59. The van der Waals surface area contributed by atoms with Crippen LogP contribution < -0.4 is 5.32 Å². The van der Waals surface area contributed by atoms with Crippen LogP contribution in [-0.2, 0) is 7.05 Å². The lowest BCUT2D eigenvalue weighted by molar-refractivity contribution is 0.469. The van der Waals surface area contributed by atoms with Crippen LogP contribution in [0.3, 0.4) is 0 Å². The lowest BCUT2D eigenvalue weighted by Crippen LogP contribution is -2.23. The van der Waals surface area contributed by atoms with Crippen molar-refractivity contribution in [2.75, 3.05) is 0 Å². The lowest BCUT2D eigenvalue weighted by atomic mass is 10.0. The molecule has 0 fully saturated rings. The summed E-state index contributed by atoms with van der Waals surface area (Å²) in [6, 6.07) is 3.48. The zero-order valence-corrected chi connectivity index (χ0v) is 12.1. The fraction of sp³-hybridized carbons (Fsp3) is 0.400. The van der Waals surface area contributed by atoms with Gasteiger partial charge in [0.2, 0.25) is 0 Å². The molecule has 2 aromatic rings. The summed E-state index contributed by atoms with van der Waals surface area (Å²) in [5.74, 6) is -1.09.